The number of nitrogens with zero attached hydrogens (tertiary/aromatic N) is 3. The van der Waals surface area contributed by atoms with E-state index in [0.717, 1.165) is 12.8 Å². The van der Waals surface area contributed by atoms with Crippen LogP contribution in [-0.4, -0.2) is 63.3 Å². The Morgan fingerprint density at radius 1 is 1.41 bits per heavy atom. The second-order valence-corrected chi connectivity index (χ2v) is 8.93. The van der Waals surface area contributed by atoms with Crippen molar-refractivity contribution in [3.63, 3.8) is 0 Å². The van der Waals surface area contributed by atoms with Gasteiger partial charge in [0.15, 0.2) is 0 Å². The predicted octanol–water partition coefficient (Wildman–Crippen LogP) is 0.429. The summed E-state index contributed by atoms with van der Waals surface area (Å²) < 4.78 is 8.17. The summed E-state index contributed by atoms with van der Waals surface area (Å²) in [4.78, 5) is 40.1. The van der Waals surface area contributed by atoms with Gasteiger partial charge < -0.3 is 20.1 Å². The zero-order valence-corrected chi connectivity index (χ0v) is 18.6. The van der Waals surface area contributed by atoms with Crippen LogP contribution in [0.5, 0.6) is 5.88 Å². The molecule has 10 nitrogen and oxygen atoms in total. The fourth-order valence-electron chi connectivity index (χ4n) is 3.92. The maximum absolute atomic E-state index is 13.1. The van der Waals surface area contributed by atoms with Gasteiger partial charge in [-0.05, 0) is 31.8 Å². The number of hydrogen-bond acceptors (Lipinski definition) is 5. The molecule has 0 radical (unpaired) electrons. The number of rotatable bonds is 6. The summed E-state index contributed by atoms with van der Waals surface area (Å²) in [6.45, 7) is 7.78. The van der Waals surface area contributed by atoms with E-state index in [9.17, 15) is 19.5 Å². The van der Waals surface area contributed by atoms with Crippen LogP contribution in [0.25, 0.3) is 11.7 Å². The summed E-state index contributed by atoms with van der Waals surface area (Å²) in [5.74, 6) is -0.967. The molecule has 2 fully saturated rings. The highest BCUT2D eigenvalue weighted by Crippen LogP contribution is 2.21. The molecule has 32 heavy (non-hydrogen) atoms. The first kappa shape index (κ1) is 22.1. The van der Waals surface area contributed by atoms with Crippen molar-refractivity contribution in [1.29, 1.82) is 0 Å². The Labute approximate surface area is 185 Å². The largest absolute Gasteiger partial charge is 0.477 e. The number of morpholine rings is 1. The van der Waals surface area contributed by atoms with E-state index in [4.69, 9.17) is 4.74 Å². The number of carbonyl (C=O) groups excluding carboxylic acids is 2. The molecule has 3 heterocycles. The highest BCUT2D eigenvalue weighted by molar-refractivity contribution is 5.96. The first-order valence-electron chi connectivity index (χ1n) is 11.0. The molecular formula is C22H30N5O5+. The molecule has 2 aromatic rings. The molecule has 2 amide bonds. The molecule has 0 unspecified atom stereocenters. The van der Waals surface area contributed by atoms with Gasteiger partial charge in [-0.25, -0.2) is 9.89 Å². The second-order valence-electron chi connectivity index (χ2n) is 8.93. The number of nitrogens with one attached hydrogen (secondary N) is 2. The van der Waals surface area contributed by atoms with E-state index in [1.165, 1.54) is 10.6 Å². The first-order chi connectivity index (χ1) is 15.3. The number of carbonyl (C=O) groups is 2. The Kier molecular flexibility index (Phi) is 6.05. The Morgan fingerprint density at radius 2 is 2.16 bits per heavy atom. The van der Waals surface area contributed by atoms with Crippen molar-refractivity contribution in [2.24, 2.45) is 5.92 Å². The second kappa shape index (κ2) is 8.78. The van der Waals surface area contributed by atoms with Crippen molar-refractivity contribution in [2.75, 3.05) is 19.8 Å². The lowest BCUT2D eigenvalue weighted by Crippen LogP contribution is -2.46. The van der Waals surface area contributed by atoms with Gasteiger partial charge >= 0.3 is 17.1 Å². The Morgan fingerprint density at radius 3 is 2.81 bits per heavy atom. The van der Waals surface area contributed by atoms with Crippen LogP contribution < -0.4 is 15.4 Å². The number of H-pyrrole nitrogens is 1. The van der Waals surface area contributed by atoms with Crippen LogP contribution in [0, 0.1) is 5.92 Å². The number of amides is 2. The number of aromatic amines is 1. The molecule has 1 aliphatic heterocycles. The SMILES string of the molecule is CC(C)C[n+]1c(O)c(C(=O)NC2CC2)c(=O)n2[nH]cc(/C=C/C(=O)N3CCOC[C@@H]3C)c21. The van der Waals surface area contributed by atoms with Crippen molar-refractivity contribution in [3.8, 4) is 5.88 Å². The summed E-state index contributed by atoms with van der Waals surface area (Å²) in [5, 5.41) is 16.6. The third-order valence-corrected chi connectivity index (χ3v) is 5.71. The molecule has 172 valence electrons. The molecule has 10 heteroatoms. The first-order valence-corrected chi connectivity index (χ1v) is 11.0. The maximum atomic E-state index is 13.1. The molecule has 4 rings (SSSR count). The van der Waals surface area contributed by atoms with Crippen molar-refractivity contribution in [2.45, 2.75) is 52.2 Å². The molecule has 1 saturated heterocycles. The molecule has 0 bridgehead atoms. The molecule has 2 aliphatic rings. The fourth-order valence-corrected chi connectivity index (χ4v) is 3.92. The fraction of sp³-hybridized carbons (Fsp3) is 0.545. The minimum atomic E-state index is -0.636. The quantitative estimate of drug-likeness (QED) is 0.441. The van der Waals surface area contributed by atoms with Crippen molar-refractivity contribution >= 4 is 23.5 Å². The lowest BCUT2D eigenvalue weighted by molar-refractivity contribution is -0.686. The van der Waals surface area contributed by atoms with E-state index >= 15 is 0 Å². The minimum absolute atomic E-state index is 0.0195. The van der Waals surface area contributed by atoms with Gasteiger partial charge in [0, 0.05) is 18.7 Å². The van der Waals surface area contributed by atoms with Gasteiger partial charge in [-0.3, -0.25) is 9.59 Å². The minimum Gasteiger partial charge on any atom is -0.477 e. The Bertz CT molecular complexity index is 1130. The van der Waals surface area contributed by atoms with Gasteiger partial charge in [0.1, 0.15) is 0 Å². The van der Waals surface area contributed by atoms with E-state index < -0.39 is 11.5 Å². The van der Waals surface area contributed by atoms with Gasteiger partial charge in [0.2, 0.25) is 11.5 Å². The number of ether oxygens (including phenoxy) is 1. The van der Waals surface area contributed by atoms with Gasteiger partial charge in [-0.1, -0.05) is 18.4 Å². The topological polar surface area (TPSA) is 120 Å². The molecule has 3 N–H and O–H groups in total. The molecule has 1 aliphatic carbocycles. The monoisotopic (exact) mass is 444 g/mol. The summed E-state index contributed by atoms with van der Waals surface area (Å²) >= 11 is 0. The van der Waals surface area contributed by atoms with E-state index in [1.54, 1.807) is 21.7 Å². The average molecular weight is 445 g/mol. The molecule has 1 saturated carbocycles. The Hall–Kier alpha value is -3.14. The summed E-state index contributed by atoms with van der Waals surface area (Å²) in [6, 6.07) is 0.0326. The third-order valence-electron chi connectivity index (χ3n) is 5.71. The summed E-state index contributed by atoms with van der Waals surface area (Å²) in [7, 11) is 0. The molecular weight excluding hydrogens is 414 g/mol. The van der Waals surface area contributed by atoms with E-state index in [2.05, 4.69) is 10.4 Å². The van der Waals surface area contributed by atoms with Crippen LogP contribution >= 0.6 is 0 Å². The van der Waals surface area contributed by atoms with Crippen molar-refractivity contribution < 1.29 is 24.0 Å². The van der Waals surface area contributed by atoms with Crippen LogP contribution in [0.15, 0.2) is 17.1 Å². The van der Waals surface area contributed by atoms with Crippen LogP contribution in [0.3, 0.4) is 0 Å². The van der Waals surface area contributed by atoms with Gasteiger partial charge in [-0.15, -0.1) is 0 Å². The van der Waals surface area contributed by atoms with Crippen LogP contribution in [0.4, 0.5) is 0 Å². The van der Waals surface area contributed by atoms with E-state index in [-0.39, 0.29) is 35.4 Å². The molecule has 2 aromatic heterocycles. The van der Waals surface area contributed by atoms with Crippen LogP contribution in [0.1, 0.15) is 49.5 Å². The number of aromatic nitrogens is 3. The zero-order chi connectivity index (χ0) is 23.0. The highest BCUT2D eigenvalue weighted by Gasteiger charge is 2.34. The van der Waals surface area contributed by atoms with Crippen molar-refractivity contribution in [3.05, 3.63) is 33.8 Å². The normalized spacial score (nSPS) is 19.2. The van der Waals surface area contributed by atoms with Crippen LogP contribution in [0.2, 0.25) is 0 Å². The molecule has 0 aromatic carbocycles. The standard InChI is InChI=1S/C22H29N5O5/c1-13(2)11-26-20-15(4-7-17(28)25-8-9-32-12-14(25)3)10-23-27(20)22(31)18(21(26)30)19(29)24-16-5-6-16/h4,7,10,13-14,16H,5-6,8-9,11-12H2,1-3H3,(H2,24,29,30,31)/p+1/b7-4+/t14-/m0/s1. The summed E-state index contributed by atoms with van der Waals surface area (Å²) in [5.41, 5.74) is 0.0267. The van der Waals surface area contributed by atoms with E-state index in [0.29, 0.717) is 37.5 Å². The summed E-state index contributed by atoms with van der Waals surface area (Å²) in [6.07, 6.45) is 6.41. The van der Waals surface area contributed by atoms with E-state index in [1.807, 2.05) is 20.8 Å². The lowest BCUT2D eigenvalue weighted by Gasteiger charge is -2.32. The average Bonchev–Trinajstić information content (AvgIpc) is 3.45. The van der Waals surface area contributed by atoms with Crippen LogP contribution in [-0.2, 0) is 16.1 Å². The Balaban J connectivity index is 1.75. The number of fused-ring (bicyclic) bond motifs is 1. The highest BCUT2D eigenvalue weighted by atomic mass is 16.5. The predicted molar refractivity (Wildman–Crippen MR) is 116 cm³/mol. The molecule has 0 spiro atoms. The zero-order valence-electron chi connectivity index (χ0n) is 18.6. The maximum Gasteiger partial charge on any atom is 0.378 e. The van der Waals surface area contributed by atoms with Gasteiger partial charge in [0.25, 0.3) is 5.91 Å². The third kappa shape index (κ3) is 4.27. The van der Waals surface area contributed by atoms with Gasteiger partial charge in [0.05, 0.1) is 37.6 Å². The van der Waals surface area contributed by atoms with Crippen molar-refractivity contribution in [1.82, 2.24) is 19.8 Å². The smallest absolute Gasteiger partial charge is 0.378 e. The number of aromatic hydroxyl groups is 1. The lowest BCUT2D eigenvalue weighted by atomic mass is 10.2. The molecule has 1 atom stereocenters. The van der Waals surface area contributed by atoms with Gasteiger partial charge in [-0.2, -0.15) is 4.57 Å². The number of hydrogen-bond donors (Lipinski definition) is 3.